The molecule has 2 aromatic carbocycles. The second-order valence-electron chi connectivity index (χ2n) is 5.57. The predicted molar refractivity (Wildman–Crippen MR) is 101 cm³/mol. The maximum Gasteiger partial charge on any atom is 0.418 e. The van der Waals surface area contributed by atoms with Crippen molar-refractivity contribution in [2.24, 2.45) is 0 Å². The van der Waals surface area contributed by atoms with E-state index in [0.717, 1.165) is 16.4 Å². The van der Waals surface area contributed by atoms with Crippen LogP contribution in [0.2, 0.25) is 10.0 Å². The van der Waals surface area contributed by atoms with Gasteiger partial charge in [-0.2, -0.15) is 17.5 Å². The number of nitrogens with zero attached hydrogens (tertiary/aromatic N) is 1. The Balaban J connectivity index is 2.28. The van der Waals surface area contributed by atoms with Crippen LogP contribution in [0.4, 0.5) is 18.9 Å². The number of anilines is 1. The normalized spacial score (nSPS) is 12.2. The molecule has 0 unspecified atom stereocenters. The summed E-state index contributed by atoms with van der Waals surface area (Å²) in [4.78, 5) is 11.9. The molecule has 0 aliphatic rings. The Morgan fingerprint density at radius 2 is 1.64 bits per heavy atom. The Morgan fingerprint density at radius 1 is 1.07 bits per heavy atom. The summed E-state index contributed by atoms with van der Waals surface area (Å²) in [7, 11) is -4.25. The third kappa shape index (κ3) is 4.96. The zero-order valence-corrected chi connectivity index (χ0v) is 16.8. The van der Waals surface area contributed by atoms with Crippen molar-refractivity contribution in [2.45, 2.75) is 18.0 Å². The molecule has 0 atom stereocenters. The number of alkyl halides is 3. The fourth-order valence-corrected chi connectivity index (χ4v) is 4.91. The number of nitrogens with one attached hydrogen (secondary N) is 1. The van der Waals surface area contributed by atoms with Crippen molar-refractivity contribution in [1.82, 2.24) is 4.31 Å². The second-order valence-corrected chi connectivity index (χ2v) is 8.26. The van der Waals surface area contributed by atoms with E-state index in [0.29, 0.717) is 0 Å². The molecule has 2 aromatic rings. The molecule has 0 radical (unpaired) electrons. The zero-order chi connectivity index (χ0) is 21.1. The van der Waals surface area contributed by atoms with Crippen molar-refractivity contribution in [2.75, 3.05) is 18.4 Å². The van der Waals surface area contributed by atoms with E-state index in [-0.39, 0.29) is 21.5 Å². The monoisotopic (exact) mass is 454 g/mol. The number of halogens is 5. The molecule has 0 saturated heterocycles. The first-order valence-electron chi connectivity index (χ1n) is 7.88. The molecule has 1 amide bonds. The minimum atomic E-state index is -4.68. The number of rotatable bonds is 6. The molecule has 2 rings (SSSR count). The van der Waals surface area contributed by atoms with Crippen LogP contribution in [0, 0.1) is 0 Å². The minimum Gasteiger partial charge on any atom is -0.324 e. The molecule has 0 heterocycles. The number of benzene rings is 2. The van der Waals surface area contributed by atoms with E-state index in [1.807, 2.05) is 0 Å². The van der Waals surface area contributed by atoms with Crippen LogP contribution in [0.1, 0.15) is 12.5 Å². The molecular weight excluding hydrogens is 440 g/mol. The van der Waals surface area contributed by atoms with Crippen LogP contribution in [0.25, 0.3) is 0 Å². The van der Waals surface area contributed by atoms with Gasteiger partial charge in [0.25, 0.3) is 0 Å². The van der Waals surface area contributed by atoms with E-state index in [2.05, 4.69) is 5.32 Å². The highest BCUT2D eigenvalue weighted by molar-refractivity contribution is 7.89. The summed E-state index contributed by atoms with van der Waals surface area (Å²) in [5.74, 6) is -0.940. The summed E-state index contributed by atoms with van der Waals surface area (Å²) in [6.07, 6.45) is -4.68. The first-order chi connectivity index (χ1) is 13.0. The summed E-state index contributed by atoms with van der Waals surface area (Å²) in [5.41, 5.74) is -1.51. The van der Waals surface area contributed by atoms with E-state index in [4.69, 9.17) is 23.2 Å². The minimum absolute atomic E-state index is 0.127. The van der Waals surface area contributed by atoms with Crippen molar-refractivity contribution < 1.29 is 26.4 Å². The Labute approximate surface area is 170 Å². The van der Waals surface area contributed by atoms with Crippen LogP contribution in [-0.4, -0.2) is 31.7 Å². The topological polar surface area (TPSA) is 66.5 Å². The van der Waals surface area contributed by atoms with Gasteiger partial charge in [0.15, 0.2) is 0 Å². The van der Waals surface area contributed by atoms with Crippen LogP contribution in [0.5, 0.6) is 0 Å². The largest absolute Gasteiger partial charge is 0.418 e. The lowest BCUT2D eigenvalue weighted by molar-refractivity contribution is -0.137. The first-order valence-corrected chi connectivity index (χ1v) is 10.1. The maximum atomic E-state index is 13.0. The van der Waals surface area contributed by atoms with E-state index in [9.17, 15) is 26.4 Å². The van der Waals surface area contributed by atoms with Crippen LogP contribution in [0.3, 0.4) is 0 Å². The Kier molecular flexibility index (Phi) is 6.97. The van der Waals surface area contributed by atoms with Gasteiger partial charge in [-0.05, 0) is 24.3 Å². The van der Waals surface area contributed by atoms with Crippen LogP contribution in [-0.2, 0) is 21.0 Å². The second kappa shape index (κ2) is 8.69. The lowest BCUT2D eigenvalue weighted by atomic mass is 10.1. The van der Waals surface area contributed by atoms with E-state index in [1.54, 1.807) is 0 Å². The number of carbonyl (C=O) groups excluding carboxylic acids is 1. The molecule has 0 saturated carbocycles. The molecule has 28 heavy (non-hydrogen) atoms. The molecule has 0 aliphatic heterocycles. The number of likely N-dealkylation sites (N-methyl/N-ethyl adjacent to an activating group) is 1. The molecule has 5 nitrogen and oxygen atoms in total. The summed E-state index contributed by atoms with van der Waals surface area (Å²) >= 11 is 11.9. The van der Waals surface area contributed by atoms with E-state index < -0.39 is 39.9 Å². The van der Waals surface area contributed by atoms with Gasteiger partial charge in [0.2, 0.25) is 15.9 Å². The Morgan fingerprint density at radius 3 is 2.18 bits per heavy atom. The molecule has 152 valence electrons. The third-order valence-corrected chi connectivity index (χ3v) is 6.57. The van der Waals surface area contributed by atoms with Gasteiger partial charge in [-0.15, -0.1) is 0 Å². The molecule has 0 bridgehead atoms. The molecule has 1 N–H and O–H groups in total. The summed E-state index contributed by atoms with van der Waals surface area (Å²) < 4.78 is 65.5. The Hall–Kier alpha value is -1.81. The number of para-hydroxylation sites is 1. The standard InChI is InChI=1S/C17H15Cl2F3N2O3S/c1-2-24(28(26,27)16-12(18)7-5-8-13(16)19)10-15(25)23-14-9-4-3-6-11(14)17(20,21)22/h3-9H,2,10H2,1H3,(H,23,25). The third-order valence-electron chi connectivity index (χ3n) is 3.70. The van der Waals surface area contributed by atoms with Crippen molar-refractivity contribution in [3.63, 3.8) is 0 Å². The molecule has 0 aliphatic carbocycles. The van der Waals surface area contributed by atoms with Crippen molar-refractivity contribution in [3.05, 3.63) is 58.1 Å². The fourth-order valence-electron chi connectivity index (χ4n) is 2.41. The summed E-state index contributed by atoms with van der Waals surface area (Å²) in [5, 5.41) is 1.84. The lowest BCUT2D eigenvalue weighted by Crippen LogP contribution is -2.38. The highest BCUT2D eigenvalue weighted by Crippen LogP contribution is 2.35. The molecule has 0 spiro atoms. The average molecular weight is 455 g/mol. The number of sulfonamides is 1. The smallest absolute Gasteiger partial charge is 0.324 e. The van der Waals surface area contributed by atoms with Gasteiger partial charge < -0.3 is 5.32 Å². The number of hydrogen-bond donors (Lipinski definition) is 1. The molecule has 0 fully saturated rings. The van der Waals surface area contributed by atoms with Crippen molar-refractivity contribution >= 4 is 44.8 Å². The number of amides is 1. The van der Waals surface area contributed by atoms with Gasteiger partial charge in [-0.25, -0.2) is 8.42 Å². The first kappa shape index (κ1) is 22.5. The quantitative estimate of drug-likeness (QED) is 0.689. The fraction of sp³-hybridized carbons (Fsp3) is 0.235. The summed E-state index contributed by atoms with van der Waals surface area (Å²) in [6, 6.07) is 8.51. The lowest BCUT2D eigenvalue weighted by Gasteiger charge is -2.22. The highest BCUT2D eigenvalue weighted by atomic mass is 35.5. The number of hydrogen-bond acceptors (Lipinski definition) is 3. The predicted octanol–water partition coefficient (Wildman–Crippen LogP) is 4.66. The zero-order valence-electron chi connectivity index (χ0n) is 14.4. The molecule has 11 heteroatoms. The van der Waals surface area contributed by atoms with Gasteiger partial charge in [0.05, 0.1) is 27.8 Å². The van der Waals surface area contributed by atoms with Gasteiger partial charge in [0.1, 0.15) is 4.90 Å². The van der Waals surface area contributed by atoms with Crippen LogP contribution in [0.15, 0.2) is 47.4 Å². The van der Waals surface area contributed by atoms with Crippen molar-refractivity contribution in [3.8, 4) is 0 Å². The van der Waals surface area contributed by atoms with Crippen LogP contribution >= 0.6 is 23.2 Å². The number of carbonyl (C=O) groups is 1. The van der Waals surface area contributed by atoms with Crippen molar-refractivity contribution in [1.29, 1.82) is 0 Å². The molecular formula is C17H15Cl2F3N2O3S. The van der Waals surface area contributed by atoms with Gasteiger partial charge in [0, 0.05) is 6.54 Å². The summed E-state index contributed by atoms with van der Waals surface area (Å²) in [6.45, 7) is 0.629. The highest BCUT2D eigenvalue weighted by Gasteiger charge is 2.34. The van der Waals surface area contributed by atoms with E-state index in [1.165, 1.54) is 37.3 Å². The molecule has 0 aromatic heterocycles. The van der Waals surface area contributed by atoms with E-state index >= 15 is 0 Å². The Bertz CT molecular complexity index is 962. The average Bonchev–Trinajstić information content (AvgIpc) is 2.58. The SMILES string of the molecule is CCN(CC(=O)Nc1ccccc1C(F)(F)F)S(=O)(=O)c1c(Cl)cccc1Cl. The van der Waals surface area contributed by atoms with Crippen LogP contribution < -0.4 is 5.32 Å². The maximum absolute atomic E-state index is 13.0. The van der Waals surface area contributed by atoms with Gasteiger partial charge in [-0.1, -0.05) is 48.3 Å². The van der Waals surface area contributed by atoms with Gasteiger partial charge in [-0.3, -0.25) is 4.79 Å². The van der Waals surface area contributed by atoms with Gasteiger partial charge >= 0.3 is 6.18 Å².